The lowest BCUT2D eigenvalue weighted by molar-refractivity contribution is -0.120. The maximum atomic E-state index is 12.8. The van der Waals surface area contributed by atoms with Gasteiger partial charge in [-0.05, 0) is 31.5 Å². The van der Waals surface area contributed by atoms with Crippen LogP contribution in [-0.4, -0.2) is 57.3 Å². The van der Waals surface area contributed by atoms with Crippen molar-refractivity contribution in [3.63, 3.8) is 0 Å². The molecule has 8 nitrogen and oxygen atoms in total. The third-order valence-corrected chi connectivity index (χ3v) is 6.21. The third kappa shape index (κ3) is 5.52. The van der Waals surface area contributed by atoms with E-state index in [-0.39, 0.29) is 23.3 Å². The molecule has 2 amide bonds. The van der Waals surface area contributed by atoms with Crippen LogP contribution in [0.25, 0.3) is 0 Å². The average molecular weight is 385 g/mol. The van der Waals surface area contributed by atoms with Crippen LogP contribution in [0.5, 0.6) is 0 Å². The number of carbonyl (C=O) groups is 2. The summed E-state index contributed by atoms with van der Waals surface area (Å²) >= 11 is 0. The SMILES string of the molecule is CCN(CC)S(=O)(=O)c1cc(NC(=O)[C@H](C)NCC(=O)NC)ccc1C. The van der Waals surface area contributed by atoms with Crippen molar-refractivity contribution >= 4 is 27.5 Å². The van der Waals surface area contributed by atoms with E-state index in [1.54, 1.807) is 39.8 Å². The molecule has 0 spiro atoms. The number of nitrogens with one attached hydrogen (secondary N) is 3. The number of likely N-dealkylation sites (N-methyl/N-ethyl adjacent to an activating group) is 1. The Bertz CT molecular complexity index is 745. The van der Waals surface area contributed by atoms with Gasteiger partial charge < -0.3 is 10.6 Å². The monoisotopic (exact) mass is 384 g/mol. The van der Waals surface area contributed by atoms with E-state index in [0.717, 1.165) is 0 Å². The van der Waals surface area contributed by atoms with Crippen LogP contribution >= 0.6 is 0 Å². The first-order chi connectivity index (χ1) is 12.2. The number of nitrogens with zero attached hydrogens (tertiary/aromatic N) is 1. The summed E-state index contributed by atoms with van der Waals surface area (Å²) in [5.41, 5.74) is 1.00. The second-order valence-corrected chi connectivity index (χ2v) is 7.74. The van der Waals surface area contributed by atoms with Crippen molar-refractivity contribution in [2.45, 2.75) is 38.6 Å². The first-order valence-electron chi connectivity index (χ1n) is 8.52. The molecule has 0 fully saturated rings. The molecule has 0 aliphatic carbocycles. The molecule has 26 heavy (non-hydrogen) atoms. The summed E-state index contributed by atoms with van der Waals surface area (Å²) in [6, 6.07) is 4.16. The summed E-state index contributed by atoms with van der Waals surface area (Å²) < 4.78 is 26.9. The zero-order chi connectivity index (χ0) is 19.9. The second kappa shape index (κ2) is 9.65. The van der Waals surface area contributed by atoms with Crippen LogP contribution in [0.3, 0.4) is 0 Å². The van der Waals surface area contributed by atoms with Crippen LogP contribution in [0, 0.1) is 6.92 Å². The van der Waals surface area contributed by atoms with E-state index in [0.29, 0.717) is 24.3 Å². The minimum absolute atomic E-state index is 0.0145. The maximum absolute atomic E-state index is 12.8. The molecule has 0 aromatic heterocycles. The molecule has 9 heteroatoms. The van der Waals surface area contributed by atoms with Crippen molar-refractivity contribution < 1.29 is 18.0 Å². The normalized spacial score (nSPS) is 12.7. The smallest absolute Gasteiger partial charge is 0.243 e. The van der Waals surface area contributed by atoms with E-state index in [9.17, 15) is 18.0 Å². The minimum Gasteiger partial charge on any atom is -0.358 e. The van der Waals surface area contributed by atoms with Crippen LogP contribution < -0.4 is 16.0 Å². The Labute approximate surface area is 155 Å². The first kappa shape index (κ1) is 22.1. The molecule has 1 aromatic carbocycles. The van der Waals surface area contributed by atoms with E-state index in [1.165, 1.54) is 17.4 Å². The largest absolute Gasteiger partial charge is 0.358 e. The number of carbonyl (C=O) groups excluding carboxylic acids is 2. The molecule has 0 saturated carbocycles. The van der Waals surface area contributed by atoms with Crippen molar-refractivity contribution in [3.05, 3.63) is 23.8 Å². The van der Waals surface area contributed by atoms with Gasteiger partial charge in [0.25, 0.3) is 0 Å². The van der Waals surface area contributed by atoms with Crippen LogP contribution in [0.1, 0.15) is 26.3 Å². The van der Waals surface area contributed by atoms with Gasteiger partial charge in [-0.3, -0.25) is 14.9 Å². The summed E-state index contributed by atoms with van der Waals surface area (Å²) in [6.45, 7) is 7.66. The molecule has 146 valence electrons. The Morgan fingerprint density at radius 1 is 1.19 bits per heavy atom. The highest BCUT2D eigenvalue weighted by atomic mass is 32.2. The van der Waals surface area contributed by atoms with E-state index in [4.69, 9.17) is 0 Å². The lowest BCUT2D eigenvalue weighted by Crippen LogP contribution is -2.43. The van der Waals surface area contributed by atoms with E-state index < -0.39 is 16.1 Å². The van der Waals surface area contributed by atoms with Gasteiger partial charge in [-0.2, -0.15) is 4.31 Å². The van der Waals surface area contributed by atoms with Crippen molar-refractivity contribution in [1.29, 1.82) is 0 Å². The molecule has 0 unspecified atom stereocenters. The van der Waals surface area contributed by atoms with Gasteiger partial charge in [-0.15, -0.1) is 0 Å². The highest BCUT2D eigenvalue weighted by Gasteiger charge is 2.24. The van der Waals surface area contributed by atoms with Crippen LogP contribution in [0.2, 0.25) is 0 Å². The highest BCUT2D eigenvalue weighted by molar-refractivity contribution is 7.89. The fourth-order valence-electron chi connectivity index (χ4n) is 2.34. The number of aryl methyl sites for hydroxylation is 1. The van der Waals surface area contributed by atoms with Gasteiger partial charge >= 0.3 is 0 Å². The predicted molar refractivity (Wildman–Crippen MR) is 101 cm³/mol. The number of anilines is 1. The molecule has 1 rings (SSSR count). The molecule has 1 aromatic rings. The Morgan fingerprint density at radius 2 is 1.81 bits per heavy atom. The molecule has 1 atom stereocenters. The molecule has 0 aliphatic heterocycles. The first-order valence-corrected chi connectivity index (χ1v) is 9.96. The molecule has 3 N–H and O–H groups in total. The quantitative estimate of drug-likeness (QED) is 0.581. The molecule has 0 aliphatic rings. The number of sulfonamides is 1. The van der Waals surface area contributed by atoms with Gasteiger partial charge in [0.05, 0.1) is 17.5 Å². The van der Waals surface area contributed by atoms with E-state index in [2.05, 4.69) is 16.0 Å². The van der Waals surface area contributed by atoms with Crippen LogP contribution in [0.15, 0.2) is 23.1 Å². The molecule has 0 saturated heterocycles. The number of amides is 2. The summed E-state index contributed by atoms with van der Waals surface area (Å²) in [5, 5.41) is 7.93. The Hall–Kier alpha value is -1.97. The lowest BCUT2D eigenvalue weighted by Gasteiger charge is -2.20. The summed E-state index contributed by atoms with van der Waals surface area (Å²) in [7, 11) is -2.11. The molecular formula is C17H28N4O4S. The van der Waals surface area contributed by atoms with Gasteiger partial charge in [-0.25, -0.2) is 8.42 Å². The standard InChI is InChI=1S/C17H28N4O4S/c1-6-21(7-2)26(24,25)15-10-14(9-8-12(15)3)20-17(23)13(4)19-11-16(22)18-5/h8-10,13,19H,6-7,11H2,1-5H3,(H,18,22)(H,20,23)/t13-/m0/s1. The van der Waals surface area contributed by atoms with Crippen LogP contribution in [0.4, 0.5) is 5.69 Å². The highest BCUT2D eigenvalue weighted by Crippen LogP contribution is 2.23. The molecule has 0 heterocycles. The Balaban J connectivity index is 2.97. The van der Waals surface area contributed by atoms with E-state index >= 15 is 0 Å². The third-order valence-electron chi connectivity index (χ3n) is 4.02. The summed E-state index contributed by atoms with van der Waals surface area (Å²) in [6.07, 6.45) is 0. The zero-order valence-electron chi connectivity index (χ0n) is 15.9. The minimum atomic E-state index is -3.62. The Kier molecular flexibility index (Phi) is 8.19. The van der Waals surface area contributed by atoms with Gasteiger partial charge in [0, 0.05) is 25.8 Å². The van der Waals surface area contributed by atoms with Gasteiger partial charge in [0.2, 0.25) is 21.8 Å². The number of hydrogen-bond donors (Lipinski definition) is 3. The van der Waals surface area contributed by atoms with Crippen LogP contribution in [-0.2, 0) is 19.6 Å². The lowest BCUT2D eigenvalue weighted by atomic mass is 10.2. The fourth-order valence-corrected chi connectivity index (χ4v) is 4.04. The Morgan fingerprint density at radius 3 is 2.35 bits per heavy atom. The van der Waals surface area contributed by atoms with E-state index in [1.807, 2.05) is 0 Å². The fraction of sp³-hybridized carbons (Fsp3) is 0.529. The van der Waals surface area contributed by atoms with Gasteiger partial charge in [0.1, 0.15) is 0 Å². The number of benzene rings is 1. The predicted octanol–water partition coefficient (Wildman–Crippen LogP) is 0.688. The molecule has 0 bridgehead atoms. The zero-order valence-corrected chi connectivity index (χ0v) is 16.7. The number of hydrogen-bond acceptors (Lipinski definition) is 5. The van der Waals surface area contributed by atoms with Crippen molar-refractivity contribution in [2.75, 3.05) is 32.0 Å². The topological polar surface area (TPSA) is 108 Å². The van der Waals surface area contributed by atoms with Crippen molar-refractivity contribution in [1.82, 2.24) is 14.9 Å². The second-order valence-electron chi connectivity index (χ2n) is 5.83. The summed E-state index contributed by atoms with van der Waals surface area (Å²) in [5.74, 6) is -0.587. The maximum Gasteiger partial charge on any atom is 0.243 e. The average Bonchev–Trinajstić information content (AvgIpc) is 2.61. The number of rotatable bonds is 9. The van der Waals surface area contributed by atoms with Gasteiger partial charge in [0.15, 0.2) is 0 Å². The van der Waals surface area contributed by atoms with Gasteiger partial charge in [-0.1, -0.05) is 19.9 Å². The summed E-state index contributed by atoms with van der Waals surface area (Å²) in [4.78, 5) is 23.6. The van der Waals surface area contributed by atoms with Crippen molar-refractivity contribution in [2.24, 2.45) is 0 Å². The molecule has 0 radical (unpaired) electrons. The molecular weight excluding hydrogens is 356 g/mol. The van der Waals surface area contributed by atoms with Crippen molar-refractivity contribution in [3.8, 4) is 0 Å².